The van der Waals surface area contributed by atoms with Crippen LogP contribution in [0.1, 0.15) is 5.56 Å². The van der Waals surface area contributed by atoms with Crippen LogP contribution in [0.3, 0.4) is 0 Å². The van der Waals surface area contributed by atoms with Gasteiger partial charge in [-0.25, -0.2) is 8.42 Å². The Balaban J connectivity index is 1.46. The van der Waals surface area contributed by atoms with Gasteiger partial charge in [0.05, 0.1) is 4.90 Å². The van der Waals surface area contributed by atoms with Gasteiger partial charge in [0.2, 0.25) is 10.0 Å². The molecule has 0 aliphatic carbocycles. The van der Waals surface area contributed by atoms with Crippen LogP contribution in [0.25, 0.3) is 0 Å². The zero-order valence-electron chi connectivity index (χ0n) is 18.2. The van der Waals surface area contributed by atoms with Crippen LogP contribution in [-0.4, -0.2) is 44.8 Å². The van der Waals surface area contributed by atoms with Crippen molar-refractivity contribution in [2.45, 2.75) is 11.8 Å². The van der Waals surface area contributed by atoms with Gasteiger partial charge in [0, 0.05) is 12.7 Å². The van der Waals surface area contributed by atoms with Crippen molar-refractivity contribution < 1.29 is 27.5 Å². The molecule has 3 rings (SSSR count). The average Bonchev–Trinajstić information content (AvgIpc) is 2.80. The number of likely N-dealkylation sites (N-methyl/N-ethyl adjacent to an activating group) is 1. The van der Waals surface area contributed by atoms with Crippen molar-refractivity contribution in [3.05, 3.63) is 84.4 Å². The monoisotopic (exact) mass is 468 g/mol. The zero-order chi connectivity index (χ0) is 23.8. The van der Waals surface area contributed by atoms with Gasteiger partial charge in [-0.2, -0.15) is 4.31 Å². The fraction of sp³-hybridized carbons (Fsp3) is 0.167. The molecule has 0 aliphatic rings. The number of para-hydroxylation sites is 1. The zero-order valence-corrected chi connectivity index (χ0v) is 19.0. The first-order valence-electron chi connectivity index (χ1n) is 10.1. The van der Waals surface area contributed by atoms with Gasteiger partial charge in [0.25, 0.3) is 5.91 Å². The molecule has 0 bridgehead atoms. The number of benzene rings is 3. The molecule has 8 nitrogen and oxygen atoms in total. The smallest absolute Gasteiger partial charge is 0.321 e. The fourth-order valence-electron chi connectivity index (χ4n) is 2.78. The topological polar surface area (TPSA) is 102 Å². The first-order chi connectivity index (χ1) is 15.7. The summed E-state index contributed by atoms with van der Waals surface area (Å²) in [7, 11) is -2.57. The predicted octanol–water partition coefficient (Wildman–Crippen LogP) is 3.59. The molecule has 0 aromatic heterocycles. The molecule has 0 unspecified atom stereocenters. The number of amides is 1. The lowest BCUT2D eigenvalue weighted by Gasteiger charge is -2.16. The summed E-state index contributed by atoms with van der Waals surface area (Å²) < 4.78 is 36.5. The van der Waals surface area contributed by atoms with E-state index in [0.717, 1.165) is 9.87 Å². The average molecular weight is 469 g/mol. The lowest BCUT2D eigenvalue weighted by Crippen LogP contribution is -2.34. The first-order valence-corrected chi connectivity index (χ1v) is 11.5. The molecule has 0 saturated carbocycles. The second-order valence-electron chi connectivity index (χ2n) is 7.22. The third kappa shape index (κ3) is 6.90. The number of nitrogens with zero attached hydrogens (tertiary/aromatic N) is 1. The predicted molar refractivity (Wildman–Crippen MR) is 124 cm³/mol. The minimum atomic E-state index is -3.84. The highest BCUT2D eigenvalue weighted by molar-refractivity contribution is 7.89. The van der Waals surface area contributed by atoms with Gasteiger partial charge >= 0.3 is 5.97 Å². The normalized spacial score (nSPS) is 11.1. The van der Waals surface area contributed by atoms with Gasteiger partial charge in [-0.3, -0.25) is 9.59 Å². The van der Waals surface area contributed by atoms with Crippen LogP contribution >= 0.6 is 0 Å². The summed E-state index contributed by atoms with van der Waals surface area (Å²) in [6.07, 6.45) is 0. The molecule has 0 saturated heterocycles. The van der Waals surface area contributed by atoms with Crippen molar-refractivity contribution in [3.63, 3.8) is 0 Å². The van der Waals surface area contributed by atoms with E-state index < -0.39 is 35.1 Å². The molecule has 1 N–H and O–H groups in total. The molecule has 0 heterocycles. The maximum atomic E-state index is 12.5. The highest BCUT2D eigenvalue weighted by Gasteiger charge is 2.23. The number of carbonyl (C=O) groups is 2. The molecule has 3 aromatic carbocycles. The minimum Gasteiger partial charge on any atom is -0.457 e. The van der Waals surface area contributed by atoms with E-state index in [4.69, 9.17) is 9.47 Å². The summed E-state index contributed by atoms with van der Waals surface area (Å²) in [6.45, 7) is 0.782. The van der Waals surface area contributed by atoms with E-state index in [-0.39, 0.29) is 4.90 Å². The Morgan fingerprint density at radius 2 is 1.48 bits per heavy atom. The molecule has 3 aromatic rings. The standard InChI is InChI=1S/C24H24N2O6S/c1-18-8-14-22(15-9-18)33(29,30)26(2)16-24(28)31-17-23(27)25-19-10-12-21(13-11-19)32-20-6-4-3-5-7-20/h3-15H,16-17H2,1-2H3,(H,25,27). The molecule has 0 spiro atoms. The van der Waals surface area contributed by atoms with Gasteiger partial charge in [0.1, 0.15) is 18.0 Å². The van der Waals surface area contributed by atoms with Crippen LogP contribution < -0.4 is 10.1 Å². The van der Waals surface area contributed by atoms with E-state index in [1.165, 1.54) is 19.2 Å². The molecule has 0 fully saturated rings. The Morgan fingerprint density at radius 1 is 0.879 bits per heavy atom. The SMILES string of the molecule is Cc1ccc(S(=O)(=O)N(C)CC(=O)OCC(=O)Nc2ccc(Oc3ccccc3)cc2)cc1. The molecular weight excluding hydrogens is 444 g/mol. The largest absolute Gasteiger partial charge is 0.457 e. The van der Waals surface area contributed by atoms with Gasteiger partial charge in [-0.1, -0.05) is 35.9 Å². The number of esters is 1. The van der Waals surface area contributed by atoms with Crippen molar-refractivity contribution >= 4 is 27.6 Å². The molecular formula is C24H24N2O6S. The maximum Gasteiger partial charge on any atom is 0.321 e. The van der Waals surface area contributed by atoms with E-state index in [9.17, 15) is 18.0 Å². The molecule has 33 heavy (non-hydrogen) atoms. The minimum absolute atomic E-state index is 0.0702. The van der Waals surface area contributed by atoms with Gasteiger partial charge < -0.3 is 14.8 Å². The second kappa shape index (κ2) is 10.8. The Kier molecular flexibility index (Phi) is 7.81. The van der Waals surface area contributed by atoms with E-state index in [2.05, 4.69) is 5.32 Å². The van der Waals surface area contributed by atoms with Crippen molar-refractivity contribution in [2.75, 3.05) is 25.5 Å². The van der Waals surface area contributed by atoms with Crippen LogP contribution in [0.4, 0.5) is 5.69 Å². The lowest BCUT2D eigenvalue weighted by atomic mass is 10.2. The second-order valence-corrected chi connectivity index (χ2v) is 9.27. The van der Waals surface area contributed by atoms with Crippen LogP contribution in [0.2, 0.25) is 0 Å². The Bertz CT molecular complexity index is 1190. The summed E-state index contributed by atoms with van der Waals surface area (Å²) in [6, 6.07) is 22.2. The van der Waals surface area contributed by atoms with E-state index in [1.807, 2.05) is 37.3 Å². The summed E-state index contributed by atoms with van der Waals surface area (Å²) in [5.74, 6) is -0.0990. The number of aryl methyl sites for hydroxylation is 1. The first kappa shape index (κ1) is 24.0. The quantitative estimate of drug-likeness (QED) is 0.482. The van der Waals surface area contributed by atoms with Crippen LogP contribution in [0.15, 0.2) is 83.8 Å². The Morgan fingerprint density at radius 3 is 2.12 bits per heavy atom. The van der Waals surface area contributed by atoms with Crippen molar-refractivity contribution in [1.82, 2.24) is 4.31 Å². The summed E-state index contributed by atoms with van der Waals surface area (Å²) in [5, 5.41) is 2.60. The van der Waals surface area contributed by atoms with Crippen molar-refractivity contribution in [3.8, 4) is 11.5 Å². The summed E-state index contributed by atoms with van der Waals surface area (Å²) >= 11 is 0. The van der Waals surface area contributed by atoms with Gasteiger partial charge in [-0.05, 0) is 55.5 Å². The Labute approximate surface area is 192 Å². The van der Waals surface area contributed by atoms with Crippen LogP contribution in [0, 0.1) is 6.92 Å². The molecule has 172 valence electrons. The molecule has 0 radical (unpaired) electrons. The summed E-state index contributed by atoms with van der Waals surface area (Å²) in [4.78, 5) is 24.2. The molecule has 1 amide bonds. The number of ether oxygens (including phenoxy) is 2. The van der Waals surface area contributed by atoms with Gasteiger partial charge in [0.15, 0.2) is 6.61 Å². The number of hydrogen-bond acceptors (Lipinski definition) is 6. The summed E-state index contributed by atoms with van der Waals surface area (Å²) in [5.41, 5.74) is 1.41. The highest BCUT2D eigenvalue weighted by Crippen LogP contribution is 2.22. The van der Waals surface area contributed by atoms with Gasteiger partial charge in [-0.15, -0.1) is 0 Å². The van der Waals surface area contributed by atoms with E-state index >= 15 is 0 Å². The number of sulfonamides is 1. The van der Waals surface area contributed by atoms with Crippen molar-refractivity contribution in [2.24, 2.45) is 0 Å². The van der Waals surface area contributed by atoms with Crippen LogP contribution in [0.5, 0.6) is 11.5 Å². The van der Waals surface area contributed by atoms with Crippen molar-refractivity contribution in [1.29, 1.82) is 0 Å². The fourth-order valence-corrected chi connectivity index (χ4v) is 3.89. The maximum absolute atomic E-state index is 12.5. The third-order valence-corrected chi connectivity index (χ3v) is 6.38. The number of nitrogens with one attached hydrogen (secondary N) is 1. The number of hydrogen-bond donors (Lipinski definition) is 1. The number of anilines is 1. The van der Waals surface area contributed by atoms with E-state index in [1.54, 1.807) is 36.4 Å². The highest BCUT2D eigenvalue weighted by atomic mass is 32.2. The van der Waals surface area contributed by atoms with E-state index in [0.29, 0.717) is 17.2 Å². The molecule has 0 aliphatic heterocycles. The number of carbonyl (C=O) groups excluding carboxylic acids is 2. The van der Waals surface area contributed by atoms with Crippen LogP contribution in [-0.2, 0) is 24.3 Å². The lowest BCUT2D eigenvalue weighted by molar-refractivity contribution is -0.147. The Hall–Kier alpha value is -3.69. The molecule has 9 heteroatoms. The molecule has 0 atom stereocenters. The number of rotatable bonds is 9. The third-order valence-electron chi connectivity index (χ3n) is 4.56.